The number of anilines is 1. The molecule has 2 atom stereocenters. The third-order valence-electron chi connectivity index (χ3n) is 3.89. The molecule has 0 heterocycles. The molecule has 1 aliphatic carbocycles. The molecule has 1 amide bonds. The van der Waals surface area contributed by atoms with E-state index in [2.05, 4.69) is 5.32 Å². The minimum absolute atomic E-state index is 0.0463. The van der Waals surface area contributed by atoms with Gasteiger partial charge in [0.2, 0.25) is 5.91 Å². The van der Waals surface area contributed by atoms with Crippen molar-refractivity contribution in [1.82, 2.24) is 0 Å². The average Bonchev–Trinajstić information content (AvgIpc) is 2.47. The maximum Gasteiger partial charge on any atom is 0.227 e. The van der Waals surface area contributed by atoms with Gasteiger partial charge >= 0.3 is 0 Å². The van der Waals surface area contributed by atoms with Gasteiger partial charge in [0.05, 0.1) is 7.11 Å². The lowest BCUT2D eigenvalue weighted by molar-refractivity contribution is -0.122. The minimum atomic E-state index is 0.0463. The summed E-state index contributed by atoms with van der Waals surface area (Å²) in [6, 6.07) is 7.44. The first-order valence-electron chi connectivity index (χ1n) is 6.89. The van der Waals surface area contributed by atoms with Crippen LogP contribution in [0.3, 0.4) is 0 Å². The monoisotopic (exact) mass is 262 g/mol. The highest BCUT2D eigenvalue weighted by Gasteiger charge is 2.29. The van der Waals surface area contributed by atoms with Crippen LogP contribution in [0, 0.1) is 11.8 Å². The van der Waals surface area contributed by atoms with Crippen LogP contribution in [0.1, 0.15) is 25.7 Å². The Hall–Kier alpha value is -1.55. The zero-order valence-corrected chi connectivity index (χ0v) is 11.4. The number of carbonyl (C=O) groups excluding carboxylic acids is 1. The summed E-state index contributed by atoms with van der Waals surface area (Å²) < 4.78 is 5.15. The zero-order valence-electron chi connectivity index (χ0n) is 11.4. The van der Waals surface area contributed by atoms with Gasteiger partial charge in [0, 0.05) is 17.7 Å². The molecule has 0 spiro atoms. The molecule has 4 heteroatoms. The van der Waals surface area contributed by atoms with Crippen LogP contribution in [-0.4, -0.2) is 19.6 Å². The normalized spacial score (nSPS) is 22.8. The molecule has 1 aliphatic rings. The van der Waals surface area contributed by atoms with E-state index in [1.54, 1.807) is 7.11 Å². The van der Waals surface area contributed by atoms with E-state index in [4.69, 9.17) is 10.5 Å². The van der Waals surface area contributed by atoms with E-state index in [0.29, 0.717) is 12.5 Å². The van der Waals surface area contributed by atoms with Crippen LogP contribution in [0.15, 0.2) is 24.3 Å². The Bertz CT molecular complexity index is 434. The second-order valence-electron chi connectivity index (χ2n) is 5.11. The molecule has 0 radical (unpaired) electrons. The molecular formula is C15H22N2O2. The van der Waals surface area contributed by atoms with Gasteiger partial charge in [-0.25, -0.2) is 0 Å². The number of ether oxygens (including phenoxy) is 1. The molecule has 1 fully saturated rings. The van der Waals surface area contributed by atoms with Crippen molar-refractivity contribution in [3.8, 4) is 5.75 Å². The molecule has 0 aromatic heterocycles. The number of hydrogen-bond acceptors (Lipinski definition) is 3. The summed E-state index contributed by atoms with van der Waals surface area (Å²) in [7, 11) is 1.62. The van der Waals surface area contributed by atoms with Crippen LogP contribution >= 0.6 is 0 Å². The fraction of sp³-hybridized carbons (Fsp3) is 0.533. The fourth-order valence-electron chi connectivity index (χ4n) is 2.77. The van der Waals surface area contributed by atoms with Gasteiger partial charge in [-0.1, -0.05) is 18.9 Å². The number of carbonyl (C=O) groups is 1. The molecule has 3 N–H and O–H groups in total. The van der Waals surface area contributed by atoms with E-state index < -0.39 is 0 Å². The van der Waals surface area contributed by atoms with E-state index in [0.717, 1.165) is 30.7 Å². The molecule has 2 rings (SSSR count). The molecule has 104 valence electrons. The van der Waals surface area contributed by atoms with Crippen LogP contribution in [-0.2, 0) is 4.79 Å². The van der Waals surface area contributed by atoms with Gasteiger partial charge in [0.1, 0.15) is 5.75 Å². The van der Waals surface area contributed by atoms with Crippen molar-refractivity contribution < 1.29 is 9.53 Å². The molecule has 1 saturated carbocycles. The van der Waals surface area contributed by atoms with Gasteiger partial charge < -0.3 is 15.8 Å². The molecule has 4 nitrogen and oxygen atoms in total. The molecule has 1 aromatic rings. The smallest absolute Gasteiger partial charge is 0.227 e. The summed E-state index contributed by atoms with van der Waals surface area (Å²) in [6.07, 6.45) is 4.31. The van der Waals surface area contributed by atoms with Gasteiger partial charge in [-0.05, 0) is 37.4 Å². The lowest BCUT2D eigenvalue weighted by atomic mass is 9.78. The van der Waals surface area contributed by atoms with Crippen LogP contribution in [0.2, 0.25) is 0 Å². The van der Waals surface area contributed by atoms with Gasteiger partial charge in [-0.15, -0.1) is 0 Å². The van der Waals surface area contributed by atoms with Crippen molar-refractivity contribution in [2.24, 2.45) is 17.6 Å². The summed E-state index contributed by atoms with van der Waals surface area (Å²) in [6.45, 7) is 0.593. The van der Waals surface area contributed by atoms with E-state index in [1.807, 2.05) is 24.3 Å². The number of nitrogens with one attached hydrogen (secondary N) is 1. The maximum absolute atomic E-state index is 12.3. The summed E-state index contributed by atoms with van der Waals surface area (Å²) in [4.78, 5) is 12.3. The van der Waals surface area contributed by atoms with E-state index in [-0.39, 0.29) is 11.8 Å². The molecule has 0 bridgehead atoms. The fourth-order valence-corrected chi connectivity index (χ4v) is 2.77. The van der Waals surface area contributed by atoms with Crippen LogP contribution in [0.5, 0.6) is 5.75 Å². The minimum Gasteiger partial charge on any atom is -0.497 e. The van der Waals surface area contributed by atoms with E-state index in [1.165, 1.54) is 6.42 Å². The third kappa shape index (κ3) is 3.47. The molecule has 0 aliphatic heterocycles. The highest BCUT2D eigenvalue weighted by Crippen LogP contribution is 2.30. The first-order chi connectivity index (χ1) is 9.24. The molecular weight excluding hydrogens is 240 g/mol. The third-order valence-corrected chi connectivity index (χ3v) is 3.89. The topological polar surface area (TPSA) is 64.3 Å². The summed E-state index contributed by atoms with van der Waals surface area (Å²) in [5, 5.41) is 2.98. The largest absolute Gasteiger partial charge is 0.497 e. The summed E-state index contributed by atoms with van der Waals surface area (Å²) >= 11 is 0. The van der Waals surface area contributed by atoms with Crippen molar-refractivity contribution in [2.45, 2.75) is 25.7 Å². The predicted octanol–water partition coefficient (Wildman–Crippen LogP) is 2.40. The molecule has 19 heavy (non-hydrogen) atoms. The number of amides is 1. The Morgan fingerprint density at radius 2 is 2.21 bits per heavy atom. The average molecular weight is 262 g/mol. The first-order valence-corrected chi connectivity index (χ1v) is 6.89. The van der Waals surface area contributed by atoms with E-state index in [9.17, 15) is 4.79 Å². The standard InChI is InChI=1S/C15H22N2O2/c1-19-13-7-4-6-12(9-13)17-15(18)14-8-3-2-5-11(14)10-16/h4,6-7,9,11,14H,2-3,5,8,10,16H2,1H3,(H,17,18). The summed E-state index contributed by atoms with van der Waals surface area (Å²) in [5.41, 5.74) is 6.55. The molecule has 2 unspecified atom stereocenters. The number of nitrogens with two attached hydrogens (primary N) is 1. The Kier molecular flexibility index (Phi) is 4.80. The maximum atomic E-state index is 12.3. The van der Waals surface area contributed by atoms with Crippen molar-refractivity contribution >= 4 is 11.6 Å². The van der Waals surface area contributed by atoms with Crippen molar-refractivity contribution in [3.05, 3.63) is 24.3 Å². The number of rotatable bonds is 4. The van der Waals surface area contributed by atoms with Gasteiger partial charge in [0.25, 0.3) is 0 Å². The second-order valence-corrected chi connectivity index (χ2v) is 5.11. The van der Waals surface area contributed by atoms with Crippen LogP contribution in [0.25, 0.3) is 0 Å². The van der Waals surface area contributed by atoms with Crippen LogP contribution < -0.4 is 15.8 Å². The Balaban J connectivity index is 2.02. The quantitative estimate of drug-likeness (QED) is 0.875. The number of hydrogen-bond donors (Lipinski definition) is 2. The van der Waals surface area contributed by atoms with Gasteiger partial charge in [-0.2, -0.15) is 0 Å². The Labute approximate surface area is 114 Å². The lowest BCUT2D eigenvalue weighted by Gasteiger charge is -2.29. The van der Waals surface area contributed by atoms with E-state index >= 15 is 0 Å². The van der Waals surface area contributed by atoms with Gasteiger partial charge in [-0.3, -0.25) is 4.79 Å². The number of methoxy groups -OCH3 is 1. The predicted molar refractivity (Wildman–Crippen MR) is 76.1 cm³/mol. The second kappa shape index (κ2) is 6.57. The zero-order chi connectivity index (χ0) is 13.7. The van der Waals surface area contributed by atoms with Gasteiger partial charge in [0.15, 0.2) is 0 Å². The van der Waals surface area contributed by atoms with Crippen molar-refractivity contribution in [2.75, 3.05) is 19.0 Å². The SMILES string of the molecule is COc1cccc(NC(=O)C2CCCCC2CN)c1. The van der Waals surface area contributed by atoms with Crippen molar-refractivity contribution in [1.29, 1.82) is 0 Å². The summed E-state index contributed by atoms with van der Waals surface area (Å²) in [5.74, 6) is 1.20. The lowest BCUT2D eigenvalue weighted by Crippen LogP contribution is -2.35. The van der Waals surface area contributed by atoms with Crippen LogP contribution in [0.4, 0.5) is 5.69 Å². The Morgan fingerprint density at radius 1 is 1.42 bits per heavy atom. The molecule has 0 saturated heterocycles. The first kappa shape index (κ1) is 13.9. The molecule has 1 aromatic carbocycles. The highest BCUT2D eigenvalue weighted by atomic mass is 16.5. The Morgan fingerprint density at radius 3 is 2.95 bits per heavy atom. The van der Waals surface area contributed by atoms with Crippen molar-refractivity contribution in [3.63, 3.8) is 0 Å². The number of benzene rings is 1. The highest BCUT2D eigenvalue weighted by molar-refractivity contribution is 5.93.